The molecule has 2 aromatic rings. The molecule has 2 aromatic heterocycles. The Morgan fingerprint density at radius 2 is 2.35 bits per heavy atom. The molecule has 0 aliphatic carbocycles. The number of furan rings is 1. The van der Waals surface area contributed by atoms with Crippen LogP contribution in [0.5, 0.6) is 0 Å². The molecule has 0 spiro atoms. The molecule has 17 heavy (non-hydrogen) atoms. The lowest BCUT2D eigenvalue weighted by molar-refractivity contribution is 0.0952. The van der Waals surface area contributed by atoms with Gasteiger partial charge < -0.3 is 14.7 Å². The molecule has 0 fully saturated rings. The highest BCUT2D eigenvalue weighted by molar-refractivity contribution is 5.95. The molecule has 0 saturated heterocycles. The van der Waals surface area contributed by atoms with Crippen molar-refractivity contribution < 1.29 is 9.21 Å². The monoisotopic (exact) mass is 233 g/mol. The largest absolute Gasteiger partial charge is 0.466 e. The molecule has 2 N–H and O–H groups in total. The first-order valence-corrected chi connectivity index (χ1v) is 5.50. The predicted octanol–water partition coefficient (Wildman–Crippen LogP) is 1.59. The zero-order chi connectivity index (χ0) is 12.3. The van der Waals surface area contributed by atoms with Crippen molar-refractivity contribution >= 4 is 5.91 Å². The van der Waals surface area contributed by atoms with Crippen molar-refractivity contribution in [1.29, 1.82) is 0 Å². The molecule has 0 atom stereocenters. The maximum atomic E-state index is 11.8. The third kappa shape index (κ3) is 2.75. The van der Waals surface area contributed by atoms with Crippen molar-refractivity contribution in [3.63, 3.8) is 0 Å². The van der Waals surface area contributed by atoms with Crippen LogP contribution in [0.1, 0.15) is 27.7 Å². The summed E-state index contributed by atoms with van der Waals surface area (Å²) in [5, 5.41) is 2.83. The molecule has 0 unspecified atom stereocenters. The lowest BCUT2D eigenvalue weighted by Gasteiger charge is -2.02. The number of carbonyl (C=O) groups excluding carboxylic acids is 1. The van der Waals surface area contributed by atoms with Gasteiger partial charge in [-0.1, -0.05) is 0 Å². The molecule has 0 radical (unpaired) electrons. The van der Waals surface area contributed by atoms with E-state index in [-0.39, 0.29) is 5.91 Å². The smallest absolute Gasteiger partial charge is 0.254 e. The molecule has 90 valence electrons. The second kappa shape index (κ2) is 4.86. The lowest BCUT2D eigenvalue weighted by Crippen LogP contribution is -2.26. The van der Waals surface area contributed by atoms with E-state index >= 15 is 0 Å². The fourth-order valence-corrected chi connectivity index (χ4v) is 1.68. The van der Waals surface area contributed by atoms with Gasteiger partial charge >= 0.3 is 0 Å². The number of H-pyrrole nitrogens is 1. The molecule has 2 heterocycles. The van der Waals surface area contributed by atoms with Gasteiger partial charge in [0.1, 0.15) is 17.3 Å². The molecule has 0 aromatic carbocycles. The van der Waals surface area contributed by atoms with Gasteiger partial charge in [-0.2, -0.15) is 0 Å². The van der Waals surface area contributed by atoms with Crippen LogP contribution in [0.15, 0.2) is 22.9 Å². The second-order valence-electron chi connectivity index (χ2n) is 3.87. The van der Waals surface area contributed by atoms with Crippen LogP contribution < -0.4 is 5.32 Å². The van der Waals surface area contributed by atoms with Crippen molar-refractivity contribution in [3.05, 3.63) is 41.4 Å². The number of aromatic nitrogens is 2. The minimum atomic E-state index is -0.106. The molecule has 5 heteroatoms. The molecule has 0 saturated carbocycles. The quantitative estimate of drug-likeness (QED) is 0.842. The van der Waals surface area contributed by atoms with E-state index in [1.807, 2.05) is 6.92 Å². The van der Waals surface area contributed by atoms with Crippen LogP contribution in [-0.2, 0) is 6.42 Å². The van der Waals surface area contributed by atoms with Gasteiger partial charge in [0, 0.05) is 25.4 Å². The normalized spacial score (nSPS) is 10.5. The standard InChI is InChI=1S/C12H15N3O2/c1-8-7-10(9(2)17-8)12(16)15-4-3-11-13-5-6-14-11/h5-7H,3-4H2,1-2H3,(H,13,14)(H,15,16). The first-order valence-electron chi connectivity index (χ1n) is 5.50. The van der Waals surface area contributed by atoms with Crippen LogP contribution in [0.25, 0.3) is 0 Å². The molecular weight excluding hydrogens is 218 g/mol. The summed E-state index contributed by atoms with van der Waals surface area (Å²) in [6.45, 7) is 4.16. The van der Waals surface area contributed by atoms with Crippen molar-refractivity contribution in [2.45, 2.75) is 20.3 Å². The predicted molar refractivity (Wildman–Crippen MR) is 62.8 cm³/mol. The SMILES string of the molecule is Cc1cc(C(=O)NCCc2ncc[nH]2)c(C)o1. The number of carbonyl (C=O) groups is 1. The molecule has 2 rings (SSSR count). The molecular formula is C12H15N3O2. The number of amides is 1. The Hall–Kier alpha value is -2.04. The van der Waals surface area contributed by atoms with Gasteiger partial charge in [-0.05, 0) is 19.9 Å². The van der Waals surface area contributed by atoms with Gasteiger partial charge in [-0.15, -0.1) is 0 Å². The minimum Gasteiger partial charge on any atom is -0.466 e. The van der Waals surface area contributed by atoms with E-state index in [2.05, 4.69) is 15.3 Å². The Kier molecular flexibility index (Phi) is 3.27. The van der Waals surface area contributed by atoms with Crippen LogP contribution >= 0.6 is 0 Å². The van der Waals surface area contributed by atoms with Gasteiger partial charge in [0.25, 0.3) is 5.91 Å². The van der Waals surface area contributed by atoms with Gasteiger partial charge in [0.05, 0.1) is 5.56 Å². The molecule has 0 aliphatic heterocycles. The summed E-state index contributed by atoms with van der Waals surface area (Å²) >= 11 is 0. The number of rotatable bonds is 4. The summed E-state index contributed by atoms with van der Waals surface area (Å²) in [4.78, 5) is 18.9. The van der Waals surface area contributed by atoms with Crippen molar-refractivity contribution in [3.8, 4) is 0 Å². The number of imidazole rings is 1. The van der Waals surface area contributed by atoms with Gasteiger partial charge in [-0.25, -0.2) is 4.98 Å². The van der Waals surface area contributed by atoms with Gasteiger partial charge in [0.15, 0.2) is 0 Å². The van der Waals surface area contributed by atoms with E-state index in [4.69, 9.17) is 4.42 Å². The first kappa shape index (κ1) is 11.4. The minimum absolute atomic E-state index is 0.106. The fraction of sp³-hybridized carbons (Fsp3) is 0.333. The second-order valence-corrected chi connectivity index (χ2v) is 3.87. The van der Waals surface area contributed by atoms with Gasteiger partial charge in [-0.3, -0.25) is 4.79 Å². The number of hydrogen-bond acceptors (Lipinski definition) is 3. The van der Waals surface area contributed by atoms with E-state index in [1.54, 1.807) is 25.4 Å². The molecule has 0 aliphatic rings. The van der Waals surface area contributed by atoms with Crippen LogP contribution in [0.4, 0.5) is 0 Å². The average molecular weight is 233 g/mol. The maximum Gasteiger partial charge on any atom is 0.254 e. The van der Waals surface area contributed by atoms with Crippen LogP contribution in [0.2, 0.25) is 0 Å². The molecule has 5 nitrogen and oxygen atoms in total. The average Bonchev–Trinajstić information content (AvgIpc) is 2.88. The zero-order valence-electron chi connectivity index (χ0n) is 9.91. The summed E-state index contributed by atoms with van der Waals surface area (Å²) in [5.74, 6) is 2.16. The number of hydrogen-bond donors (Lipinski definition) is 2. The summed E-state index contributed by atoms with van der Waals surface area (Å²) < 4.78 is 5.31. The third-order valence-electron chi connectivity index (χ3n) is 2.49. The third-order valence-corrected chi connectivity index (χ3v) is 2.49. The highest BCUT2D eigenvalue weighted by Gasteiger charge is 2.12. The summed E-state index contributed by atoms with van der Waals surface area (Å²) in [7, 11) is 0. The van der Waals surface area contributed by atoms with Crippen molar-refractivity contribution in [1.82, 2.24) is 15.3 Å². The van der Waals surface area contributed by atoms with Crippen LogP contribution in [0.3, 0.4) is 0 Å². The van der Waals surface area contributed by atoms with E-state index in [1.165, 1.54) is 0 Å². The molecule has 0 bridgehead atoms. The fourth-order valence-electron chi connectivity index (χ4n) is 1.68. The van der Waals surface area contributed by atoms with E-state index < -0.39 is 0 Å². The van der Waals surface area contributed by atoms with Crippen LogP contribution in [0, 0.1) is 13.8 Å². The first-order chi connectivity index (χ1) is 8.16. The van der Waals surface area contributed by atoms with E-state index in [0.29, 0.717) is 24.3 Å². The highest BCUT2D eigenvalue weighted by Crippen LogP contribution is 2.13. The topological polar surface area (TPSA) is 70.9 Å². The summed E-state index contributed by atoms with van der Waals surface area (Å²) in [6, 6.07) is 1.75. The summed E-state index contributed by atoms with van der Waals surface area (Å²) in [6.07, 6.45) is 4.15. The lowest BCUT2D eigenvalue weighted by atomic mass is 10.2. The van der Waals surface area contributed by atoms with Gasteiger partial charge in [0.2, 0.25) is 0 Å². The van der Waals surface area contributed by atoms with E-state index in [9.17, 15) is 4.79 Å². The number of nitrogens with one attached hydrogen (secondary N) is 2. The Morgan fingerprint density at radius 1 is 1.53 bits per heavy atom. The van der Waals surface area contributed by atoms with E-state index in [0.717, 1.165) is 11.6 Å². The summed E-state index contributed by atoms with van der Waals surface area (Å²) in [5.41, 5.74) is 0.599. The van der Waals surface area contributed by atoms with Crippen molar-refractivity contribution in [2.24, 2.45) is 0 Å². The Morgan fingerprint density at radius 3 is 2.94 bits per heavy atom. The molecule has 1 amide bonds. The number of aromatic amines is 1. The maximum absolute atomic E-state index is 11.8. The number of aryl methyl sites for hydroxylation is 2. The number of nitrogens with zero attached hydrogens (tertiary/aromatic N) is 1. The zero-order valence-corrected chi connectivity index (χ0v) is 9.91. The van der Waals surface area contributed by atoms with Crippen molar-refractivity contribution in [2.75, 3.05) is 6.54 Å². The Bertz CT molecular complexity index is 500. The Labute approximate surface area is 99.2 Å². The highest BCUT2D eigenvalue weighted by atomic mass is 16.3. The Balaban J connectivity index is 1.87. The van der Waals surface area contributed by atoms with Crippen LogP contribution in [-0.4, -0.2) is 22.4 Å².